The summed E-state index contributed by atoms with van der Waals surface area (Å²) in [6.45, 7) is 5.24. The van der Waals surface area contributed by atoms with Crippen LogP contribution in [0, 0.1) is 0 Å². The van der Waals surface area contributed by atoms with E-state index in [9.17, 15) is 18.7 Å². The first-order valence-corrected chi connectivity index (χ1v) is 8.29. The van der Waals surface area contributed by atoms with Gasteiger partial charge in [0, 0.05) is 6.20 Å². The van der Waals surface area contributed by atoms with Crippen LogP contribution in [0.5, 0.6) is 0 Å². The van der Waals surface area contributed by atoms with Gasteiger partial charge >= 0.3 is 11.9 Å². The van der Waals surface area contributed by atoms with Crippen molar-refractivity contribution >= 4 is 22.5 Å². The highest BCUT2D eigenvalue weighted by atomic mass is 32.3. The van der Waals surface area contributed by atoms with Crippen LogP contribution in [0.25, 0.3) is 0 Å². The van der Waals surface area contributed by atoms with Crippen LogP contribution in [0.15, 0.2) is 23.4 Å². The molecule has 22 heavy (non-hydrogen) atoms. The first-order chi connectivity index (χ1) is 10.0. The summed E-state index contributed by atoms with van der Waals surface area (Å²) in [5.74, 6) is -1.26. The molecule has 2 N–H and O–H groups in total. The van der Waals surface area contributed by atoms with Crippen LogP contribution in [0.1, 0.15) is 37.6 Å². The van der Waals surface area contributed by atoms with Crippen molar-refractivity contribution in [1.82, 2.24) is 4.98 Å². The molecule has 0 radical (unpaired) electrons. The van der Waals surface area contributed by atoms with E-state index in [4.69, 9.17) is 4.74 Å². The molecule has 124 valence electrons. The van der Waals surface area contributed by atoms with E-state index in [1.54, 1.807) is 20.8 Å². The summed E-state index contributed by atoms with van der Waals surface area (Å²) in [4.78, 5) is 26.8. The maximum Gasteiger partial charge on any atom is 0.340 e. The van der Waals surface area contributed by atoms with Gasteiger partial charge in [0.1, 0.15) is 10.6 Å². The number of pyridine rings is 1. The smallest absolute Gasteiger partial charge is 0.340 e. The van der Waals surface area contributed by atoms with Gasteiger partial charge in [-0.3, -0.25) is 13.9 Å². The summed E-state index contributed by atoms with van der Waals surface area (Å²) in [6, 6.07) is 2.74. The number of carbonyl (C=O) groups is 2. The topological polar surface area (TPSA) is 106 Å². The number of nitrogens with zero attached hydrogens (tertiary/aromatic N) is 1. The summed E-state index contributed by atoms with van der Waals surface area (Å²) < 4.78 is 29.6. The van der Waals surface area contributed by atoms with Crippen LogP contribution in [0.3, 0.4) is 0 Å². The van der Waals surface area contributed by atoms with Crippen molar-refractivity contribution in [3.05, 3.63) is 23.9 Å². The average Bonchev–Trinajstić information content (AvgIpc) is 2.43. The molecule has 1 aromatic heterocycles. The molecule has 0 atom stereocenters. The van der Waals surface area contributed by atoms with Gasteiger partial charge in [-0.2, -0.15) is 10.6 Å². The number of esters is 2. The van der Waals surface area contributed by atoms with Crippen LogP contribution in [-0.4, -0.2) is 44.5 Å². The summed E-state index contributed by atoms with van der Waals surface area (Å²) >= 11 is 0. The maximum absolute atomic E-state index is 11.8. The van der Waals surface area contributed by atoms with Crippen molar-refractivity contribution in [2.24, 2.45) is 0 Å². The molecule has 0 aromatic carbocycles. The van der Waals surface area contributed by atoms with Crippen LogP contribution in [0.2, 0.25) is 0 Å². The van der Waals surface area contributed by atoms with Crippen molar-refractivity contribution in [3.8, 4) is 0 Å². The van der Waals surface area contributed by atoms with Gasteiger partial charge in [0.05, 0.1) is 24.8 Å². The molecular formula is C14H21NO6S. The number of hydrogen-bond acceptors (Lipinski definition) is 7. The number of carbonyl (C=O) groups excluding carboxylic acids is 2. The molecule has 1 rings (SSSR count). The van der Waals surface area contributed by atoms with Gasteiger partial charge < -0.3 is 9.47 Å². The monoisotopic (exact) mass is 331 g/mol. The molecule has 8 heteroatoms. The Balaban J connectivity index is 2.79. The summed E-state index contributed by atoms with van der Waals surface area (Å²) in [5, 5.41) is 0.0173. The molecule has 0 aliphatic carbocycles. The Morgan fingerprint density at radius 1 is 1.27 bits per heavy atom. The lowest BCUT2D eigenvalue weighted by molar-refractivity contribution is -0.140. The lowest BCUT2D eigenvalue weighted by Gasteiger charge is -2.30. The second kappa shape index (κ2) is 7.08. The Hall–Kier alpha value is -1.64. The van der Waals surface area contributed by atoms with Crippen molar-refractivity contribution in [3.63, 3.8) is 0 Å². The van der Waals surface area contributed by atoms with Gasteiger partial charge in [-0.1, -0.05) is 0 Å². The van der Waals surface area contributed by atoms with E-state index in [0.717, 1.165) is 0 Å². The number of ether oxygens (including phenoxy) is 2. The predicted molar refractivity (Wildman–Crippen MR) is 82.0 cm³/mol. The molecule has 0 unspecified atom stereocenters. The number of methoxy groups -OCH3 is 1. The van der Waals surface area contributed by atoms with E-state index >= 15 is 0 Å². The summed E-state index contributed by atoms with van der Waals surface area (Å²) in [5.41, 5.74) is -0.416. The zero-order chi connectivity index (χ0) is 17.0. The first-order valence-electron chi connectivity index (χ1n) is 6.57. The fourth-order valence-electron chi connectivity index (χ4n) is 1.46. The number of aromatic nitrogens is 1. The summed E-state index contributed by atoms with van der Waals surface area (Å²) in [6.07, 6.45) is 1.09. The Morgan fingerprint density at radius 2 is 1.91 bits per heavy atom. The highest BCUT2D eigenvalue weighted by molar-refractivity contribution is 8.24. The molecule has 0 bridgehead atoms. The Morgan fingerprint density at radius 3 is 2.36 bits per heavy atom. The Kier molecular flexibility index (Phi) is 5.92. The Labute approximate surface area is 131 Å². The van der Waals surface area contributed by atoms with Gasteiger partial charge in [-0.05, 0) is 32.9 Å². The van der Waals surface area contributed by atoms with E-state index in [2.05, 4.69) is 9.72 Å². The van der Waals surface area contributed by atoms with E-state index in [0.29, 0.717) is 0 Å². The molecular weight excluding hydrogens is 310 g/mol. The molecule has 0 spiro atoms. The molecule has 0 amide bonds. The molecule has 0 fully saturated rings. The van der Waals surface area contributed by atoms with Crippen molar-refractivity contribution in [1.29, 1.82) is 0 Å². The molecule has 1 aromatic rings. The summed E-state index contributed by atoms with van der Waals surface area (Å²) in [7, 11) is -1.98. The van der Waals surface area contributed by atoms with Gasteiger partial charge in [0.25, 0.3) is 0 Å². The van der Waals surface area contributed by atoms with E-state index in [1.807, 2.05) is 0 Å². The highest BCUT2D eigenvalue weighted by Gasteiger charge is 2.21. The molecule has 0 aliphatic heterocycles. The zero-order valence-electron chi connectivity index (χ0n) is 13.0. The molecule has 7 nitrogen and oxygen atoms in total. The fourth-order valence-corrected chi connectivity index (χ4v) is 2.63. The van der Waals surface area contributed by atoms with Gasteiger partial charge in [-0.15, -0.1) is 0 Å². The third kappa shape index (κ3) is 5.63. The van der Waals surface area contributed by atoms with Crippen LogP contribution in [0.4, 0.5) is 0 Å². The van der Waals surface area contributed by atoms with Gasteiger partial charge in [0.2, 0.25) is 0 Å². The fraction of sp³-hybridized carbons (Fsp3) is 0.500. The van der Waals surface area contributed by atoms with E-state index < -0.39 is 28.1 Å². The highest BCUT2D eigenvalue weighted by Crippen LogP contribution is 2.47. The SMILES string of the molecule is COC(=O)CCS(O)(O)c1ccc(C(=O)OC(C)(C)C)cn1. The zero-order valence-corrected chi connectivity index (χ0v) is 13.8. The third-order valence-electron chi connectivity index (χ3n) is 2.52. The largest absolute Gasteiger partial charge is 0.469 e. The number of hydrogen-bond donors (Lipinski definition) is 2. The minimum absolute atomic E-state index is 0.0173. The average molecular weight is 331 g/mol. The normalized spacial score (nSPS) is 12.6. The number of rotatable bonds is 5. The van der Waals surface area contributed by atoms with E-state index in [-0.39, 0.29) is 22.8 Å². The maximum atomic E-state index is 11.8. The molecule has 0 saturated heterocycles. The minimum atomic E-state index is -3.21. The van der Waals surface area contributed by atoms with Crippen LogP contribution < -0.4 is 0 Å². The lowest BCUT2D eigenvalue weighted by Crippen LogP contribution is -2.24. The second-order valence-electron chi connectivity index (χ2n) is 5.58. The predicted octanol–water partition coefficient (Wildman–Crippen LogP) is 2.71. The van der Waals surface area contributed by atoms with E-state index in [1.165, 1.54) is 25.4 Å². The molecule has 1 heterocycles. The van der Waals surface area contributed by atoms with Crippen molar-refractivity contribution in [2.75, 3.05) is 12.9 Å². The van der Waals surface area contributed by atoms with Gasteiger partial charge in [-0.25, -0.2) is 9.78 Å². The van der Waals surface area contributed by atoms with Crippen molar-refractivity contribution < 1.29 is 28.2 Å². The van der Waals surface area contributed by atoms with Crippen molar-refractivity contribution in [2.45, 2.75) is 37.8 Å². The third-order valence-corrected chi connectivity index (χ3v) is 4.21. The van der Waals surface area contributed by atoms with Crippen LogP contribution in [-0.2, 0) is 14.3 Å². The molecule has 0 aliphatic rings. The quantitative estimate of drug-likeness (QED) is 0.799. The van der Waals surface area contributed by atoms with Crippen LogP contribution >= 0.6 is 10.6 Å². The lowest BCUT2D eigenvalue weighted by atomic mass is 10.2. The Bertz CT molecular complexity index is 535. The minimum Gasteiger partial charge on any atom is -0.469 e. The first kappa shape index (κ1) is 18.4. The standard InChI is InChI=1S/C14H21NO6S/c1-14(2,3)21-13(17)10-5-6-11(15-9-10)22(18,19)8-7-12(16)20-4/h5-6,9,18-19H,7-8H2,1-4H3. The second-order valence-corrected chi connectivity index (χ2v) is 7.74. The molecule has 0 saturated carbocycles. The van der Waals surface area contributed by atoms with Gasteiger partial charge in [0.15, 0.2) is 0 Å².